The molecule has 0 saturated heterocycles. The number of alkyl halides is 3. The van der Waals surface area contributed by atoms with E-state index >= 15 is 0 Å². The van der Waals surface area contributed by atoms with E-state index < -0.39 is 37.2 Å². The predicted molar refractivity (Wildman–Crippen MR) is 90.2 cm³/mol. The van der Waals surface area contributed by atoms with Gasteiger partial charge in [-0.1, -0.05) is 30.3 Å². The van der Waals surface area contributed by atoms with Crippen molar-refractivity contribution in [2.75, 3.05) is 13.2 Å². The molecule has 27 heavy (non-hydrogen) atoms. The number of benzene rings is 1. The van der Waals surface area contributed by atoms with Crippen molar-refractivity contribution in [3.8, 4) is 11.3 Å². The normalized spacial score (nSPS) is 11.0. The molecule has 1 heterocycles. The van der Waals surface area contributed by atoms with Crippen LogP contribution in [0, 0.1) is 6.92 Å². The van der Waals surface area contributed by atoms with Gasteiger partial charge in [0.05, 0.1) is 10.7 Å². The van der Waals surface area contributed by atoms with E-state index in [1.54, 1.807) is 42.6 Å². The van der Waals surface area contributed by atoms with Gasteiger partial charge in [-0.3, -0.25) is 10.1 Å². The largest absolute Gasteiger partial charge is 0.451 e. The average Bonchev–Trinajstić information content (AvgIpc) is 3.00. The number of carbonyl (C=O) groups is 3. The van der Waals surface area contributed by atoms with Crippen LogP contribution in [0.25, 0.3) is 11.3 Å². The number of amides is 3. The Morgan fingerprint density at radius 1 is 1.19 bits per heavy atom. The highest BCUT2D eigenvalue weighted by atomic mass is 32.1. The molecule has 2 aromatic rings. The predicted octanol–water partition coefficient (Wildman–Crippen LogP) is 2.66. The van der Waals surface area contributed by atoms with Crippen LogP contribution in [-0.4, -0.2) is 42.2 Å². The van der Waals surface area contributed by atoms with E-state index in [-0.39, 0.29) is 4.88 Å². The van der Waals surface area contributed by atoms with Gasteiger partial charge >= 0.3 is 18.2 Å². The van der Waals surface area contributed by atoms with Crippen molar-refractivity contribution >= 4 is 29.2 Å². The van der Waals surface area contributed by atoms with Gasteiger partial charge < -0.3 is 10.1 Å². The van der Waals surface area contributed by atoms with E-state index in [9.17, 15) is 27.6 Å². The molecule has 3 amide bonds. The monoisotopic (exact) mass is 401 g/mol. The number of halogens is 3. The third-order valence-electron chi connectivity index (χ3n) is 3.00. The Balaban J connectivity index is 1.93. The molecule has 0 spiro atoms. The second-order valence-electron chi connectivity index (χ2n) is 5.20. The fourth-order valence-electron chi connectivity index (χ4n) is 1.94. The summed E-state index contributed by atoms with van der Waals surface area (Å²) in [6, 6.07) is 7.51. The van der Waals surface area contributed by atoms with Crippen LogP contribution in [-0.2, 0) is 9.53 Å². The number of rotatable bonds is 5. The van der Waals surface area contributed by atoms with E-state index in [4.69, 9.17) is 4.74 Å². The van der Waals surface area contributed by atoms with Crippen molar-refractivity contribution in [3.05, 3.63) is 40.2 Å². The lowest BCUT2D eigenvalue weighted by Crippen LogP contribution is -2.44. The summed E-state index contributed by atoms with van der Waals surface area (Å²) in [6.07, 6.45) is -4.61. The number of nitrogens with one attached hydrogen (secondary N) is 2. The molecule has 0 aliphatic carbocycles. The summed E-state index contributed by atoms with van der Waals surface area (Å²) in [7, 11) is 0. The molecule has 0 radical (unpaired) electrons. The number of aryl methyl sites for hydroxylation is 1. The zero-order valence-corrected chi connectivity index (χ0v) is 14.7. The Morgan fingerprint density at radius 3 is 2.48 bits per heavy atom. The fraction of sp³-hybridized carbons (Fsp3) is 0.250. The Morgan fingerprint density at radius 2 is 1.85 bits per heavy atom. The second kappa shape index (κ2) is 8.62. The molecule has 0 aliphatic rings. The Labute approximate surface area is 155 Å². The first-order valence-corrected chi connectivity index (χ1v) is 8.32. The maximum Gasteiger partial charge on any atom is 0.405 e. The van der Waals surface area contributed by atoms with Crippen molar-refractivity contribution in [2.24, 2.45) is 0 Å². The Kier molecular flexibility index (Phi) is 6.50. The number of nitrogens with zero attached hydrogens (tertiary/aromatic N) is 1. The SMILES string of the molecule is Cc1nc(-c2ccccc2)c(C(=O)OCC(=O)NC(=O)NCC(F)(F)F)s1. The van der Waals surface area contributed by atoms with Crippen LogP contribution < -0.4 is 10.6 Å². The van der Waals surface area contributed by atoms with Crippen molar-refractivity contribution < 1.29 is 32.3 Å². The summed E-state index contributed by atoms with van der Waals surface area (Å²) < 4.78 is 40.7. The van der Waals surface area contributed by atoms with E-state index in [0.29, 0.717) is 16.3 Å². The maximum absolute atomic E-state index is 12.2. The Hall–Kier alpha value is -2.95. The van der Waals surface area contributed by atoms with Gasteiger partial charge in [0.15, 0.2) is 6.61 Å². The molecule has 144 valence electrons. The lowest BCUT2D eigenvalue weighted by Gasteiger charge is -2.09. The molecular formula is C16H14F3N3O4S. The van der Waals surface area contributed by atoms with Crippen LogP contribution >= 0.6 is 11.3 Å². The molecule has 0 saturated carbocycles. The standard InChI is InChI=1S/C16H14F3N3O4S/c1-9-21-12(10-5-3-2-4-6-10)13(27-9)14(24)26-7-11(23)22-15(25)20-8-16(17,18)19/h2-6H,7-8H2,1H3,(H2,20,22,23,25). The topological polar surface area (TPSA) is 97.4 Å². The number of hydrogen-bond acceptors (Lipinski definition) is 6. The third-order valence-corrected chi connectivity index (χ3v) is 3.95. The number of hydrogen-bond donors (Lipinski definition) is 2. The zero-order valence-electron chi connectivity index (χ0n) is 13.9. The molecule has 0 fully saturated rings. The minimum Gasteiger partial charge on any atom is -0.451 e. The van der Waals surface area contributed by atoms with Crippen molar-refractivity contribution in [2.45, 2.75) is 13.1 Å². The lowest BCUT2D eigenvalue weighted by molar-refractivity contribution is -0.125. The first kappa shape index (κ1) is 20.4. The maximum atomic E-state index is 12.2. The van der Waals surface area contributed by atoms with Gasteiger partial charge in [0.1, 0.15) is 11.4 Å². The number of thiazole rings is 1. The van der Waals surface area contributed by atoms with E-state index in [2.05, 4.69) is 4.98 Å². The fourth-order valence-corrected chi connectivity index (χ4v) is 2.78. The average molecular weight is 401 g/mol. The highest BCUT2D eigenvalue weighted by Gasteiger charge is 2.28. The quantitative estimate of drug-likeness (QED) is 0.751. The molecule has 0 bridgehead atoms. The molecular weight excluding hydrogens is 387 g/mol. The van der Waals surface area contributed by atoms with Crippen molar-refractivity contribution in [1.82, 2.24) is 15.6 Å². The van der Waals surface area contributed by atoms with Gasteiger partial charge in [0, 0.05) is 5.56 Å². The van der Waals surface area contributed by atoms with Crippen LogP contribution in [0.15, 0.2) is 30.3 Å². The number of carbonyl (C=O) groups excluding carboxylic acids is 3. The van der Waals surface area contributed by atoms with Crippen LogP contribution in [0.4, 0.5) is 18.0 Å². The molecule has 11 heteroatoms. The molecule has 0 unspecified atom stereocenters. The lowest BCUT2D eigenvalue weighted by atomic mass is 10.1. The van der Waals surface area contributed by atoms with Crippen LogP contribution in [0.3, 0.4) is 0 Å². The second-order valence-corrected chi connectivity index (χ2v) is 6.40. The van der Waals surface area contributed by atoms with Gasteiger partial charge in [-0.05, 0) is 6.92 Å². The van der Waals surface area contributed by atoms with Gasteiger partial charge in [0.25, 0.3) is 5.91 Å². The summed E-state index contributed by atoms with van der Waals surface area (Å²) >= 11 is 1.07. The van der Waals surface area contributed by atoms with Crippen molar-refractivity contribution in [3.63, 3.8) is 0 Å². The Bertz CT molecular complexity index is 837. The molecule has 7 nitrogen and oxygen atoms in total. The van der Waals surface area contributed by atoms with Gasteiger partial charge in [-0.25, -0.2) is 14.6 Å². The van der Waals surface area contributed by atoms with Crippen LogP contribution in [0.1, 0.15) is 14.7 Å². The number of aromatic nitrogens is 1. The van der Waals surface area contributed by atoms with E-state index in [1.807, 2.05) is 0 Å². The van der Waals surface area contributed by atoms with E-state index in [1.165, 1.54) is 5.32 Å². The minimum atomic E-state index is -4.61. The minimum absolute atomic E-state index is 0.174. The molecule has 0 atom stereocenters. The highest BCUT2D eigenvalue weighted by Crippen LogP contribution is 2.28. The number of ether oxygens (including phenoxy) is 1. The first-order chi connectivity index (χ1) is 12.7. The first-order valence-electron chi connectivity index (χ1n) is 7.50. The smallest absolute Gasteiger partial charge is 0.405 e. The molecule has 2 N–H and O–H groups in total. The van der Waals surface area contributed by atoms with Crippen LogP contribution in [0.5, 0.6) is 0 Å². The molecule has 1 aromatic heterocycles. The number of urea groups is 1. The zero-order chi connectivity index (χ0) is 20.0. The van der Waals surface area contributed by atoms with Gasteiger partial charge in [-0.15, -0.1) is 11.3 Å². The number of esters is 1. The summed E-state index contributed by atoms with van der Waals surface area (Å²) in [6.45, 7) is -0.721. The van der Waals surface area contributed by atoms with Crippen molar-refractivity contribution in [1.29, 1.82) is 0 Å². The third kappa shape index (κ3) is 6.37. The number of imide groups is 1. The molecule has 1 aromatic carbocycles. The summed E-state index contributed by atoms with van der Waals surface area (Å²) in [5.41, 5.74) is 1.08. The van der Waals surface area contributed by atoms with Gasteiger partial charge in [0.2, 0.25) is 0 Å². The molecule has 0 aliphatic heterocycles. The van der Waals surface area contributed by atoms with Gasteiger partial charge in [-0.2, -0.15) is 13.2 Å². The summed E-state index contributed by atoms with van der Waals surface area (Å²) in [5.74, 6) is -1.89. The molecule has 2 rings (SSSR count). The summed E-state index contributed by atoms with van der Waals surface area (Å²) in [4.78, 5) is 39.4. The highest BCUT2D eigenvalue weighted by molar-refractivity contribution is 7.14. The van der Waals surface area contributed by atoms with Crippen LogP contribution in [0.2, 0.25) is 0 Å². The summed E-state index contributed by atoms with van der Waals surface area (Å²) in [5, 5.41) is 3.70. The van der Waals surface area contributed by atoms with E-state index in [0.717, 1.165) is 11.3 Å².